The fourth-order valence-corrected chi connectivity index (χ4v) is 3.57. The summed E-state index contributed by atoms with van der Waals surface area (Å²) in [5, 5.41) is 0. The average Bonchev–Trinajstić information content (AvgIpc) is 2.81. The number of nitrogens with zero attached hydrogens (tertiary/aromatic N) is 2. The van der Waals surface area contributed by atoms with Gasteiger partial charge < -0.3 is 10.6 Å². The summed E-state index contributed by atoms with van der Waals surface area (Å²) in [5.74, 6) is 0.515. The van der Waals surface area contributed by atoms with E-state index in [0.29, 0.717) is 12.5 Å². The van der Waals surface area contributed by atoms with Gasteiger partial charge in [0.05, 0.1) is 11.4 Å². The number of aliphatic imine (C=N–C) groups is 1. The maximum absolute atomic E-state index is 12.1. The highest BCUT2D eigenvalue weighted by Gasteiger charge is 2.13. The van der Waals surface area contributed by atoms with Gasteiger partial charge in [0, 0.05) is 19.6 Å². The van der Waals surface area contributed by atoms with E-state index in [0.717, 1.165) is 31.5 Å². The molecule has 0 radical (unpaired) electrons. The third kappa shape index (κ3) is 5.51. The first-order valence-electron chi connectivity index (χ1n) is 8.10. The number of rotatable bonds is 5. The van der Waals surface area contributed by atoms with E-state index in [4.69, 9.17) is 5.73 Å². The standard InChI is InChI=1S/C16H26N4O2S/c1-14-6-8-15(9-7-14)23(21,22)19-11-10-18-16(17)20-12-4-2-3-5-13-20/h6-9,19H,2-5,10-13H2,1H3,(H2,17,18). The van der Waals surface area contributed by atoms with Crippen molar-refractivity contribution in [2.75, 3.05) is 26.2 Å². The van der Waals surface area contributed by atoms with Gasteiger partial charge in [0.1, 0.15) is 0 Å². The highest BCUT2D eigenvalue weighted by molar-refractivity contribution is 7.89. The van der Waals surface area contributed by atoms with Crippen molar-refractivity contribution in [3.8, 4) is 0 Å². The van der Waals surface area contributed by atoms with Crippen LogP contribution in [0.2, 0.25) is 0 Å². The van der Waals surface area contributed by atoms with Gasteiger partial charge >= 0.3 is 0 Å². The highest BCUT2D eigenvalue weighted by atomic mass is 32.2. The number of nitrogens with two attached hydrogens (primary N) is 1. The molecule has 0 bridgehead atoms. The summed E-state index contributed by atoms with van der Waals surface area (Å²) in [7, 11) is -3.48. The van der Waals surface area contributed by atoms with Crippen LogP contribution >= 0.6 is 0 Å². The Labute approximate surface area is 138 Å². The molecule has 0 amide bonds. The van der Waals surface area contributed by atoms with Crippen LogP contribution in [-0.4, -0.2) is 45.5 Å². The molecule has 1 aromatic rings. The van der Waals surface area contributed by atoms with Crippen LogP contribution in [-0.2, 0) is 10.0 Å². The lowest BCUT2D eigenvalue weighted by Crippen LogP contribution is -2.38. The highest BCUT2D eigenvalue weighted by Crippen LogP contribution is 2.10. The van der Waals surface area contributed by atoms with Crippen molar-refractivity contribution < 1.29 is 8.42 Å². The zero-order chi connectivity index (χ0) is 16.7. The molecule has 0 unspecified atom stereocenters. The molecule has 2 rings (SSSR count). The molecular formula is C16H26N4O2S. The van der Waals surface area contributed by atoms with Crippen molar-refractivity contribution in [3.63, 3.8) is 0 Å². The van der Waals surface area contributed by atoms with Crippen molar-refractivity contribution >= 4 is 16.0 Å². The van der Waals surface area contributed by atoms with Crippen molar-refractivity contribution in [1.29, 1.82) is 0 Å². The zero-order valence-electron chi connectivity index (χ0n) is 13.7. The van der Waals surface area contributed by atoms with E-state index in [1.807, 2.05) is 6.92 Å². The first-order chi connectivity index (χ1) is 11.0. The predicted octanol–water partition coefficient (Wildman–Crippen LogP) is 1.46. The molecule has 6 nitrogen and oxygen atoms in total. The number of guanidine groups is 1. The molecule has 1 saturated heterocycles. The summed E-state index contributed by atoms with van der Waals surface area (Å²) in [4.78, 5) is 6.65. The molecule has 1 fully saturated rings. The van der Waals surface area contributed by atoms with Crippen LogP contribution in [0.15, 0.2) is 34.2 Å². The molecule has 0 aromatic heterocycles. The predicted molar refractivity (Wildman–Crippen MR) is 92.9 cm³/mol. The van der Waals surface area contributed by atoms with E-state index in [2.05, 4.69) is 14.6 Å². The van der Waals surface area contributed by atoms with Crippen LogP contribution in [0.5, 0.6) is 0 Å². The number of nitrogens with one attached hydrogen (secondary N) is 1. The molecule has 128 valence electrons. The Morgan fingerprint density at radius 1 is 1.17 bits per heavy atom. The van der Waals surface area contributed by atoms with Gasteiger partial charge in [-0.25, -0.2) is 13.1 Å². The van der Waals surface area contributed by atoms with Gasteiger partial charge in [-0.3, -0.25) is 4.99 Å². The third-order valence-electron chi connectivity index (χ3n) is 3.94. The molecule has 1 aliphatic rings. The third-order valence-corrected chi connectivity index (χ3v) is 5.42. The molecule has 7 heteroatoms. The Hall–Kier alpha value is -1.60. The smallest absolute Gasteiger partial charge is 0.240 e. The molecule has 1 aromatic carbocycles. The van der Waals surface area contributed by atoms with Crippen LogP contribution in [0.3, 0.4) is 0 Å². The van der Waals surface area contributed by atoms with E-state index in [9.17, 15) is 8.42 Å². The molecule has 0 aliphatic carbocycles. The van der Waals surface area contributed by atoms with Gasteiger partial charge in [-0.05, 0) is 31.9 Å². The van der Waals surface area contributed by atoms with Gasteiger partial charge in [-0.15, -0.1) is 0 Å². The number of benzene rings is 1. The summed E-state index contributed by atoms with van der Waals surface area (Å²) in [6.07, 6.45) is 4.74. The number of likely N-dealkylation sites (tertiary alicyclic amines) is 1. The minimum atomic E-state index is -3.48. The topological polar surface area (TPSA) is 87.8 Å². The minimum Gasteiger partial charge on any atom is -0.370 e. The summed E-state index contributed by atoms with van der Waals surface area (Å²) >= 11 is 0. The van der Waals surface area contributed by atoms with E-state index in [-0.39, 0.29) is 11.4 Å². The zero-order valence-corrected chi connectivity index (χ0v) is 14.5. The molecule has 3 N–H and O–H groups in total. The Balaban J connectivity index is 1.83. The van der Waals surface area contributed by atoms with Crippen LogP contribution in [0.1, 0.15) is 31.2 Å². The first kappa shape index (κ1) is 17.7. The average molecular weight is 338 g/mol. The first-order valence-corrected chi connectivity index (χ1v) is 9.58. The quantitative estimate of drug-likeness (QED) is 0.483. The van der Waals surface area contributed by atoms with Gasteiger partial charge in [0.15, 0.2) is 5.96 Å². The van der Waals surface area contributed by atoms with Crippen molar-refractivity contribution in [2.24, 2.45) is 10.7 Å². The molecule has 23 heavy (non-hydrogen) atoms. The van der Waals surface area contributed by atoms with E-state index >= 15 is 0 Å². The van der Waals surface area contributed by atoms with Crippen LogP contribution < -0.4 is 10.5 Å². The molecule has 1 aliphatic heterocycles. The maximum atomic E-state index is 12.1. The minimum absolute atomic E-state index is 0.241. The number of hydrogen-bond donors (Lipinski definition) is 2. The Morgan fingerprint density at radius 2 is 1.78 bits per heavy atom. The van der Waals surface area contributed by atoms with E-state index in [1.54, 1.807) is 24.3 Å². The molecule has 0 atom stereocenters. The maximum Gasteiger partial charge on any atom is 0.240 e. The largest absolute Gasteiger partial charge is 0.370 e. The van der Waals surface area contributed by atoms with Crippen LogP contribution in [0.25, 0.3) is 0 Å². The van der Waals surface area contributed by atoms with Crippen molar-refractivity contribution in [1.82, 2.24) is 9.62 Å². The Morgan fingerprint density at radius 3 is 2.39 bits per heavy atom. The van der Waals surface area contributed by atoms with E-state index < -0.39 is 10.0 Å². The van der Waals surface area contributed by atoms with Crippen molar-refractivity contribution in [2.45, 2.75) is 37.5 Å². The number of aryl methyl sites for hydroxylation is 1. The van der Waals surface area contributed by atoms with E-state index in [1.165, 1.54) is 12.8 Å². The lowest BCUT2D eigenvalue weighted by molar-refractivity contribution is 0.428. The molecular weight excluding hydrogens is 312 g/mol. The number of hydrogen-bond acceptors (Lipinski definition) is 3. The lowest BCUT2D eigenvalue weighted by atomic mass is 10.2. The molecule has 0 saturated carbocycles. The van der Waals surface area contributed by atoms with Gasteiger partial charge in [-0.1, -0.05) is 30.5 Å². The fourth-order valence-electron chi connectivity index (χ4n) is 2.55. The Bertz CT molecular complexity index is 618. The second-order valence-electron chi connectivity index (χ2n) is 5.85. The van der Waals surface area contributed by atoms with Crippen LogP contribution in [0, 0.1) is 6.92 Å². The van der Waals surface area contributed by atoms with Gasteiger partial charge in [0.2, 0.25) is 10.0 Å². The second-order valence-corrected chi connectivity index (χ2v) is 7.62. The molecule has 0 spiro atoms. The molecule has 1 heterocycles. The van der Waals surface area contributed by atoms with Crippen molar-refractivity contribution in [3.05, 3.63) is 29.8 Å². The monoisotopic (exact) mass is 338 g/mol. The summed E-state index contributed by atoms with van der Waals surface area (Å²) in [5.41, 5.74) is 7.02. The normalized spacial score (nSPS) is 17.1. The number of sulfonamides is 1. The summed E-state index contributed by atoms with van der Waals surface area (Å²) in [6, 6.07) is 6.77. The second kappa shape index (κ2) is 8.31. The Kier molecular flexibility index (Phi) is 6.41. The lowest BCUT2D eigenvalue weighted by Gasteiger charge is -2.21. The fraction of sp³-hybridized carbons (Fsp3) is 0.562. The van der Waals surface area contributed by atoms with Gasteiger partial charge in [-0.2, -0.15) is 0 Å². The van der Waals surface area contributed by atoms with Gasteiger partial charge in [0.25, 0.3) is 0 Å². The summed E-state index contributed by atoms with van der Waals surface area (Å²) < 4.78 is 26.8. The summed E-state index contributed by atoms with van der Waals surface area (Å²) in [6.45, 7) is 4.37. The van der Waals surface area contributed by atoms with Crippen LogP contribution in [0.4, 0.5) is 0 Å². The SMILES string of the molecule is Cc1ccc(S(=O)(=O)NCCN=C(N)N2CCCCCC2)cc1.